The molecule has 1 saturated heterocycles. The van der Waals surface area contributed by atoms with Crippen molar-refractivity contribution in [1.29, 1.82) is 0 Å². The number of amides is 1. The second kappa shape index (κ2) is 8.95. The van der Waals surface area contributed by atoms with Gasteiger partial charge in [0.2, 0.25) is 5.03 Å². The third kappa shape index (κ3) is 4.62. The first kappa shape index (κ1) is 22.9. The summed E-state index contributed by atoms with van der Waals surface area (Å²) in [5, 5.41) is 6.32. The Kier molecular flexibility index (Phi) is 6.22. The maximum Gasteiger partial charge on any atom is 0.263 e. The summed E-state index contributed by atoms with van der Waals surface area (Å²) >= 11 is 0. The van der Waals surface area contributed by atoms with E-state index < -0.39 is 21.7 Å². The van der Waals surface area contributed by atoms with Crippen LogP contribution in [-0.4, -0.2) is 54.6 Å². The highest BCUT2D eigenvalue weighted by atomic mass is 32.2. The SMILES string of the molecule is Cc1cccc(N2CCN(S(=O)(=O)c3nn(C)cc3C(=O)Nc3cccc(F)c3)CC2)c1C. The van der Waals surface area contributed by atoms with E-state index in [-0.39, 0.29) is 29.4 Å². The lowest BCUT2D eigenvalue weighted by Crippen LogP contribution is -2.49. The van der Waals surface area contributed by atoms with Crippen LogP contribution in [0.5, 0.6) is 0 Å². The third-order valence-corrected chi connectivity index (χ3v) is 7.70. The number of halogens is 1. The van der Waals surface area contributed by atoms with E-state index in [0.29, 0.717) is 13.1 Å². The summed E-state index contributed by atoms with van der Waals surface area (Å²) in [5.41, 5.74) is 3.60. The highest BCUT2D eigenvalue weighted by molar-refractivity contribution is 7.89. The molecule has 1 aliphatic rings. The number of nitrogens with one attached hydrogen (secondary N) is 1. The number of aryl methyl sites for hydroxylation is 2. The summed E-state index contributed by atoms with van der Waals surface area (Å²) in [6, 6.07) is 11.5. The van der Waals surface area contributed by atoms with Crippen molar-refractivity contribution in [3.05, 3.63) is 71.2 Å². The molecule has 33 heavy (non-hydrogen) atoms. The number of carbonyl (C=O) groups excluding carboxylic acids is 1. The Morgan fingerprint density at radius 3 is 2.45 bits per heavy atom. The number of aromatic nitrogens is 2. The van der Waals surface area contributed by atoms with E-state index in [0.717, 1.165) is 11.8 Å². The summed E-state index contributed by atoms with van der Waals surface area (Å²) in [7, 11) is -2.45. The smallest absolute Gasteiger partial charge is 0.263 e. The number of rotatable bonds is 5. The number of hydrogen-bond acceptors (Lipinski definition) is 5. The van der Waals surface area contributed by atoms with Crippen LogP contribution in [0.4, 0.5) is 15.8 Å². The normalized spacial score (nSPS) is 15.0. The van der Waals surface area contributed by atoms with E-state index in [1.807, 2.05) is 12.1 Å². The number of hydrogen-bond donors (Lipinski definition) is 1. The van der Waals surface area contributed by atoms with Gasteiger partial charge >= 0.3 is 0 Å². The summed E-state index contributed by atoms with van der Waals surface area (Å²) in [4.78, 5) is 15.0. The Hall–Kier alpha value is -3.24. The van der Waals surface area contributed by atoms with Gasteiger partial charge in [-0.2, -0.15) is 9.40 Å². The number of anilines is 2. The summed E-state index contributed by atoms with van der Waals surface area (Å²) in [6.45, 7) is 5.72. The molecule has 0 radical (unpaired) electrons. The Bertz CT molecular complexity index is 1300. The molecule has 0 spiro atoms. The predicted molar refractivity (Wildman–Crippen MR) is 124 cm³/mol. The van der Waals surface area contributed by atoms with Gasteiger partial charge in [0, 0.05) is 50.8 Å². The molecule has 174 valence electrons. The van der Waals surface area contributed by atoms with E-state index in [1.165, 1.54) is 44.5 Å². The van der Waals surface area contributed by atoms with Crippen LogP contribution in [0.15, 0.2) is 53.7 Å². The van der Waals surface area contributed by atoms with Gasteiger partial charge in [0.1, 0.15) is 5.82 Å². The molecule has 1 aliphatic heterocycles. The van der Waals surface area contributed by atoms with Gasteiger partial charge in [-0.3, -0.25) is 9.48 Å². The molecule has 3 aromatic rings. The molecule has 4 rings (SSSR count). The molecule has 0 bridgehead atoms. The first-order chi connectivity index (χ1) is 15.7. The van der Waals surface area contributed by atoms with Gasteiger partial charge in [-0.1, -0.05) is 18.2 Å². The van der Waals surface area contributed by atoms with Crippen LogP contribution in [0, 0.1) is 19.7 Å². The Labute approximate surface area is 192 Å². The van der Waals surface area contributed by atoms with Crippen LogP contribution < -0.4 is 10.2 Å². The monoisotopic (exact) mass is 471 g/mol. The lowest BCUT2D eigenvalue weighted by atomic mass is 10.1. The topological polar surface area (TPSA) is 87.5 Å². The minimum absolute atomic E-state index is 0.0845. The van der Waals surface area contributed by atoms with E-state index >= 15 is 0 Å². The first-order valence-electron chi connectivity index (χ1n) is 10.6. The van der Waals surface area contributed by atoms with Gasteiger partial charge in [-0.05, 0) is 49.2 Å². The molecular weight excluding hydrogens is 445 g/mol. The lowest BCUT2D eigenvalue weighted by Gasteiger charge is -2.36. The quantitative estimate of drug-likeness (QED) is 0.618. The van der Waals surface area contributed by atoms with Crippen molar-refractivity contribution in [2.24, 2.45) is 7.05 Å². The number of sulfonamides is 1. The van der Waals surface area contributed by atoms with Gasteiger partial charge < -0.3 is 10.2 Å². The largest absolute Gasteiger partial charge is 0.369 e. The molecule has 1 amide bonds. The summed E-state index contributed by atoms with van der Waals surface area (Å²) in [6.07, 6.45) is 1.36. The van der Waals surface area contributed by atoms with E-state index in [2.05, 4.69) is 35.2 Å². The second-order valence-corrected chi connectivity index (χ2v) is 9.95. The molecule has 2 aromatic carbocycles. The highest BCUT2D eigenvalue weighted by Crippen LogP contribution is 2.26. The molecule has 1 aromatic heterocycles. The zero-order chi connectivity index (χ0) is 23.8. The van der Waals surface area contributed by atoms with Crippen molar-refractivity contribution in [2.45, 2.75) is 18.9 Å². The molecule has 8 nitrogen and oxygen atoms in total. The van der Waals surface area contributed by atoms with Crippen LogP contribution >= 0.6 is 0 Å². The fourth-order valence-electron chi connectivity index (χ4n) is 3.95. The van der Waals surface area contributed by atoms with Crippen LogP contribution in [0.3, 0.4) is 0 Å². The minimum Gasteiger partial charge on any atom is -0.369 e. The van der Waals surface area contributed by atoms with Gasteiger partial charge in [0.25, 0.3) is 15.9 Å². The van der Waals surface area contributed by atoms with Crippen molar-refractivity contribution in [3.8, 4) is 0 Å². The number of benzene rings is 2. The maximum absolute atomic E-state index is 13.5. The molecule has 0 atom stereocenters. The van der Waals surface area contributed by atoms with Crippen LogP contribution in [0.1, 0.15) is 21.5 Å². The molecule has 0 saturated carbocycles. The molecular formula is C23H26FN5O3S. The average Bonchev–Trinajstić information content (AvgIpc) is 3.19. The van der Waals surface area contributed by atoms with Crippen LogP contribution in [0.2, 0.25) is 0 Å². The fourth-order valence-corrected chi connectivity index (χ4v) is 5.49. The van der Waals surface area contributed by atoms with Gasteiger partial charge in [-0.15, -0.1) is 0 Å². The van der Waals surface area contributed by atoms with Gasteiger partial charge in [0.05, 0.1) is 5.56 Å². The Balaban J connectivity index is 1.53. The van der Waals surface area contributed by atoms with Crippen molar-refractivity contribution in [1.82, 2.24) is 14.1 Å². The van der Waals surface area contributed by atoms with E-state index in [9.17, 15) is 17.6 Å². The van der Waals surface area contributed by atoms with Gasteiger partial charge in [0.15, 0.2) is 0 Å². The van der Waals surface area contributed by atoms with Crippen LogP contribution in [0.25, 0.3) is 0 Å². The molecule has 2 heterocycles. The lowest BCUT2D eigenvalue weighted by molar-refractivity contribution is 0.102. The van der Waals surface area contributed by atoms with Crippen LogP contribution in [-0.2, 0) is 17.1 Å². The zero-order valence-electron chi connectivity index (χ0n) is 18.7. The fraction of sp³-hybridized carbons (Fsp3) is 0.304. The molecule has 1 N–H and O–H groups in total. The maximum atomic E-state index is 13.5. The minimum atomic E-state index is -4.00. The highest BCUT2D eigenvalue weighted by Gasteiger charge is 2.34. The Morgan fingerprint density at radius 2 is 1.76 bits per heavy atom. The molecule has 1 fully saturated rings. The van der Waals surface area contributed by atoms with Crippen molar-refractivity contribution < 1.29 is 17.6 Å². The molecule has 0 unspecified atom stereocenters. The third-order valence-electron chi connectivity index (χ3n) is 5.86. The first-order valence-corrected chi connectivity index (χ1v) is 12.0. The van der Waals surface area contributed by atoms with E-state index in [4.69, 9.17) is 0 Å². The van der Waals surface area contributed by atoms with Crippen molar-refractivity contribution >= 4 is 27.3 Å². The number of piperazine rings is 1. The second-order valence-electron chi connectivity index (χ2n) is 8.10. The average molecular weight is 472 g/mol. The standard InChI is InChI=1S/C23H26FN5O3S/c1-16-6-4-9-21(17(16)2)28-10-12-29(13-11-28)33(31,32)23-20(15-27(3)26-23)22(30)25-19-8-5-7-18(24)14-19/h4-9,14-15H,10-13H2,1-3H3,(H,25,30). The molecule has 10 heteroatoms. The number of nitrogens with zero attached hydrogens (tertiary/aromatic N) is 4. The van der Waals surface area contributed by atoms with Crippen molar-refractivity contribution in [2.75, 3.05) is 36.4 Å². The van der Waals surface area contributed by atoms with Gasteiger partial charge in [-0.25, -0.2) is 12.8 Å². The number of carbonyl (C=O) groups is 1. The summed E-state index contributed by atoms with van der Waals surface area (Å²) < 4.78 is 42.9. The Morgan fingerprint density at radius 1 is 1.06 bits per heavy atom. The zero-order valence-corrected chi connectivity index (χ0v) is 19.6. The predicted octanol–water partition coefficient (Wildman–Crippen LogP) is 2.94. The molecule has 0 aliphatic carbocycles. The van der Waals surface area contributed by atoms with Crippen molar-refractivity contribution in [3.63, 3.8) is 0 Å². The summed E-state index contributed by atoms with van der Waals surface area (Å²) in [5.74, 6) is -1.17. The van der Waals surface area contributed by atoms with E-state index in [1.54, 1.807) is 7.05 Å².